The van der Waals surface area contributed by atoms with Crippen LogP contribution in [0.25, 0.3) is 11.0 Å². The summed E-state index contributed by atoms with van der Waals surface area (Å²) in [7, 11) is 0. The number of alkyl halides is 3. The second kappa shape index (κ2) is 4.66. The van der Waals surface area contributed by atoms with Gasteiger partial charge in [0.15, 0.2) is 0 Å². The number of aromatic nitrogens is 2. The topological polar surface area (TPSA) is 49.8 Å². The van der Waals surface area contributed by atoms with E-state index in [-0.39, 0.29) is 17.2 Å². The maximum Gasteiger partial charge on any atom is 0.416 e. The second-order valence-corrected chi connectivity index (χ2v) is 5.01. The molecule has 2 N–H and O–H groups in total. The van der Waals surface area contributed by atoms with Crippen molar-refractivity contribution in [3.63, 3.8) is 0 Å². The molecule has 0 bridgehead atoms. The van der Waals surface area contributed by atoms with Gasteiger partial charge in [-0.25, -0.2) is 4.79 Å². The van der Waals surface area contributed by atoms with Crippen molar-refractivity contribution in [2.75, 3.05) is 13.1 Å². The summed E-state index contributed by atoms with van der Waals surface area (Å²) in [6.45, 7) is 1.62. The van der Waals surface area contributed by atoms with Crippen LogP contribution >= 0.6 is 0 Å². The number of fused-ring (bicyclic) bond motifs is 1. The quantitative estimate of drug-likeness (QED) is 0.844. The molecular weight excluding hydrogens is 271 g/mol. The van der Waals surface area contributed by atoms with E-state index in [4.69, 9.17) is 0 Å². The molecule has 2 aromatic rings. The van der Waals surface area contributed by atoms with Gasteiger partial charge in [0.25, 0.3) is 0 Å². The molecule has 1 aromatic heterocycles. The first-order valence-electron chi connectivity index (χ1n) is 6.49. The number of hydrogen-bond donors (Lipinski definition) is 2. The Morgan fingerprint density at radius 2 is 1.90 bits per heavy atom. The number of aromatic amines is 1. The molecule has 0 aliphatic carbocycles. The largest absolute Gasteiger partial charge is 0.416 e. The highest BCUT2D eigenvalue weighted by molar-refractivity contribution is 5.76. The number of imidazole rings is 1. The summed E-state index contributed by atoms with van der Waals surface area (Å²) in [6.07, 6.45) is -2.80. The van der Waals surface area contributed by atoms with E-state index in [1.54, 1.807) is 4.57 Å². The van der Waals surface area contributed by atoms with Gasteiger partial charge in [0, 0.05) is 6.04 Å². The molecular formula is C13H14F3N3O. The monoisotopic (exact) mass is 285 g/mol. The van der Waals surface area contributed by atoms with E-state index in [0.29, 0.717) is 5.52 Å². The van der Waals surface area contributed by atoms with E-state index in [9.17, 15) is 18.0 Å². The van der Waals surface area contributed by atoms with E-state index in [1.165, 1.54) is 6.07 Å². The Labute approximate surface area is 112 Å². The standard InChI is InChI=1S/C13H14F3N3O/c14-13(15,16)8-1-2-11-10(7-8)18-12(20)19(11)9-3-5-17-6-4-9/h1-2,7,9,17H,3-6H2,(H,18,20). The van der Waals surface area contributed by atoms with Crippen molar-refractivity contribution in [1.29, 1.82) is 0 Å². The van der Waals surface area contributed by atoms with Gasteiger partial charge >= 0.3 is 11.9 Å². The van der Waals surface area contributed by atoms with Crippen LogP contribution in [-0.2, 0) is 6.18 Å². The van der Waals surface area contributed by atoms with Crippen molar-refractivity contribution < 1.29 is 13.2 Å². The molecule has 2 heterocycles. The van der Waals surface area contributed by atoms with Crippen molar-refractivity contribution >= 4 is 11.0 Å². The third-order valence-electron chi connectivity index (χ3n) is 3.72. The van der Waals surface area contributed by atoms with Gasteiger partial charge in [-0.3, -0.25) is 4.57 Å². The predicted molar refractivity (Wildman–Crippen MR) is 68.7 cm³/mol. The Morgan fingerprint density at radius 3 is 2.55 bits per heavy atom. The number of rotatable bonds is 1. The molecule has 1 aliphatic rings. The number of nitrogens with zero attached hydrogens (tertiary/aromatic N) is 1. The molecule has 0 amide bonds. The molecule has 1 aliphatic heterocycles. The van der Waals surface area contributed by atoms with Crippen LogP contribution in [0.5, 0.6) is 0 Å². The lowest BCUT2D eigenvalue weighted by Gasteiger charge is -2.23. The zero-order valence-electron chi connectivity index (χ0n) is 10.6. The van der Waals surface area contributed by atoms with Crippen LogP contribution in [0.2, 0.25) is 0 Å². The lowest BCUT2D eigenvalue weighted by Crippen LogP contribution is -2.33. The highest BCUT2D eigenvalue weighted by Crippen LogP contribution is 2.31. The molecule has 0 spiro atoms. The Bertz CT molecular complexity index is 680. The summed E-state index contributed by atoms with van der Waals surface area (Å²) in [6, 6.07) is 3.42. The average molecular weight is 285 g/mol. The molecule has 108 valence electrons. The minimum Gasteiger partial charge on any atom is -0.317 e. The number of piperidine rings is 1. The molecule has 1 fully saturated rings. The van der Waals surface area contributed by atoms with Crippen LogP contribution in [0.1, 0.15) is 24.4 Å². The lowest BCUT2D eigenvalue weighted by atomic mass is 10.1. The number of H-pyrrole nitrogens is 1. The fourth-order valence-electron chi connectivity index (χ4n) is 2.73. The molecule has 7 heteroatoms. The lowest BCUT2D eigenvalue weighted by molar-refractivity contribution is -0.137. The van der Waals surface area contributed by atoms with E-state index >= 15 is 0 Å². The highest BCUT2D eigenvalue weighted by atomic mass is 19.4. The summed E-state index contributed by atoms with van der Waals surface area (Å²) < 4.78 is 39.6. The van der Waals surface area contributed by atoms with E-state index in [0.717, 1.165) is 38.1 Å². The van der Waals surface area contributed by atoms with Crippen LogP contribution in [0.4, 0.5) is 13.2 Å². The summed E-state index contributed by atoms with van der Waals surface area (Å²) >= 11 is 0. The Kier molecular flexibility index (Phi) is 3.08. The van der Waals surface area contributed by atoms with Crippen molar-refractivity contribution in [1.82, 2.24) is 14.9 Å². The van der Waals surface area contributed by atoms with Crippen molar-refractivity contribution in [2.24, 2.45) is 0 Å². The Hall–Kier alpha value is -1.76. The first-order chi connectivity index (χ1) is 9.47. The van der Waals surface area contributed by atoms with Gasteiger partial charge < -0.3 is 10.3 Å². The van der Waals surface area contributed by atoms with Crippen LogP contribution in [0, 0.1) is 0 Å². The summed E-state index contributed by atoms with van der Waals surface area (Å²) in [5.41, 5.74) is -0.312. The van der Waals surface area contributed by atoms with Crippen LogP contribution in [0.3, 0.4) is 0 Å². The Balaban J connectivity index is 2.10. The minimum absolute atomic E-state index is 0.0363. The molecule has 0 radical (unpaired) electrons. The smallest absolute Gasteiger partial charge is 0.317 e. The average Bonchev–Trinajstić information content (AvgIpc) is 2.73. The third kappa shape index (κ3) is 2.22. The third-order valence-corrected chi connectivity index (χ3v) is 3.72. The van der Waals surface area contributed by atoms with Gasteiger partial charge in [0.2, 0.25) is 0 Å². The van der Waals surface area contributed by atoms with Crippen LogP contribution < -0.4 is 11.0 Å². The van der Waals surface area contributed by atoms with Crippen molar-refractivity contribution in [2.45, 2.75) is 25.1 Å². The zero-order valence-corrected chi connectivity index (χ0v) is 10.6. The predicted octanol–water partition coefficient (Wildman–Crippen LogP) is 2.27. The van der Waals surface area contributed by atoms with E-state index in [1.807, 2.05) is 0 Å². The van der Waals surface area contributed by atoms with Crippen molar-refractivity contribution in [3.8, 4) is 0 Å². The molecule has 0 atom stereocenters. The van der Waals surface area contributed by atoms with Gasteiger partial charge in [0.1, 0.15) is 0 Å². The van der Waals surface area contributed by atoms with Crippen LogP contribution in [-0.4, -0.2) is 22.6 Å². The first kappa shape index (κ1) is 13.2. The summed E-state index contributed by atoms with van der Waals surface area (Å²) in [5.74, 6) is 0. The number of halogens is 3. The fourth-order valence-corrected chi connectivity index (χ4v) is 2.73. The molecule has 3 rings (SSSR count). The minimum atomic E-state index is -4.40. The van der Waals surface area contributed by atoms with Gasteiger partial charge in [-0.15, -0.1) is 0 Å². The molecule has 4 nitrogen and oxygen atoms in total. The maximum atomic E-state index is 12.7. The van der Waals surface area contributed by atoms with E-state index < -0.39 is 11.7 Å². The molecule has 1 aromatic carbocycles. The molecule has 20 heavy (non-hydrogen) atoms. The van der Waals surface area contributed by atoms with Gasteiger partial charge in [-0.2, -0.15) is 13.2 Å². The number of nitrogens with one attached hydrogen (secondary N) is 2. The fraction of sp³-hybridized carbons (Fsp3) is 0.462. The van der Waals surface area contributed by atoms with Crippen LogP contribution in [0.15, 0.2) is 23.0 Å². The molecule has 0 saturated carbocycles. The van der Waals surface area contributed by atoms with Crippen molar-refractivity contribution in [3.05, 3.63) is 34.2 Å². The molecule has 0 unspecified atom stereocenters. The summed E-state index contributed by atoms with van der Waals surface area (Å²) in [5, 5.41) is 3.20. The first-order valence-corrected chi connectivity index (χ1v) is 6.49. The van der Waals surface area contributed by atoms with Gasteiger partial charge in [-0.05, 0) is 44.1 Å². The van der Waals surface area contributed by atoms with E-state index in [2.05, 4.69) is 10.3 Å². The Morgan fingerprint density at radius 1 is 1.20 bits per heavy atom. The number of hydrogen-bond acceptors (Lipinski definition) is 2. The summed E-state index contributed by atoms with van der Waals surface area (Å²) in [4.78, 5) is 14.5. The van der Waals surface area contributed by atoms with Gasteiger partial charge in [0.05, 0.1) is 16.6 Å². The maximum absolute atomic E-state index is 12.7. The number of benzene rings is 1. The highest BCUT2D eigenvalue weighted by Gasteiger charge is 2.31. The van der Waals surface area contributed by atoms with Gasteiger partial charge in [-0.1, -0.05) is 0 Å². The second-order valence-electron chi connectivity index (χ2n) is 5.01. The molecule has 1 saturated heterocycles. The SMILES string of the molecule is O=c1[nH]c2cc(C(F)(F)F)ccc2n1C1CCNCC1. The zero-order chi connectivity index (χ0) is 14.3. The normalized spacial score (nSPS) is 17.8.